The van der Waals surface area contributed by atoms with E-state index in [0.717, 1.165) is 51.4 Å². The van der Waals surface area contributed by atoms with Crippen molar-refractivity contribution in [2.45, 2.75) is 18.9 Å². The van der Waals surface area contributed by atoms with E-state index in [2.05, 4.69) is 32.6 Å². The van der Waals surface area contributed by atoms with Crippen LogP contribution in [0.2, 0.25) is 0 Å². The summed E-state index contributed by atoms with van der Waals surface area (Å²) in [6.07, 6.45) is 3.90. The number of imidazole rings is 1. The lowest BCUT2D eigenvalue weighted by Crippen LogP contribution is -2.29. The van der Waals surface area contributed by atoms with Crippen LogP contribution in [0.3, 0.4) is 0 Å². The highest BCUT2D eigenvalue weighted by molar-refractivity contribution is 9.10. The van der Waals surface area contributed by atoms with Crippen LogP contribution >= 0.6 is 27.3 Å². The number of fused-ring (bicyclic) bond motifs is 5. The quantitative estimate of drug-likeness (QED) is 0.596. The third kappa shape index (κ3) is 1.96. The minimum absolute atomic E-state index is 0.105. The largest absolute Gasteiger partial charge is 0.329 e. The summed E-state index contributed by atoms with van der Waals surface area (Å²) in [7, 11) is 0. The van der Waals surface area contributed by atoms with E-state index >= 15 is 0 Å². The fourth-order valence-corrected chi connectivity index (χ4v) is 5.04. The molecule has 1 amide bonds. The van der Waals surface area contributed by atoms with Gasteiger partial charge in [-0.2, -0.15) is 0 Å². The molecular weight excluding hydrogens is 386 g/mol. The maximum Gasteiger partial charge on any atom is 0.266 e. The van der Waals surface area contributed by atoms with E-state index in [1.807, 2.05) is 34.8 Å². The molecule has 4 nitrogen and oxygen atoms in total. The number of rotatable bonds is 1. The summed E-state index contributed by atoms with van der Waals surface area (Å²) in [6.45, 7) is 0.823. The smallest absolute Gasteiger partial charge is 0.266 e. The summed E-state index contributed by atoms with van der Waals surface area (Å²) in [5.41, 5.74) is 4.15. The molecule has 1 aromatic carbocycles. The van der Waals surface area contributed by atoms with Gasteiger partial charge in [0.05, 0.1) is 23.1 Å². The Hall–Kier alpha value is -1.92. The van der Waals surface area contributed by atoms with Gasteiger partial charge in [-0.05, 0) is 36.4 Å². The van der Waals surface area contributed by atoms with Crippen LogP contribution in [0.15, 0.2) is 46.5 Å². The van der Waals surface area contributed by atoms with Crippen LogP contribution < -0.4 is 0 Å². The molecule has 0 bridgehead atoms. The standard InChI is InChI=1S/C18H14BrN3OS/c19-12-4-1-3-11(9-12)15-16-13-5-2-7-21(13)18(23)17-14(6-8-24-17)22(16)10-20-15/h1,3-4,6,8-10,13H,2,5,7H2/t13-/m0/s1. The minimum Gasteiger partial charge on any atom is -0.329 e. The van der Waals surface area contributed by atoms with Crippen LogP contribution in [-0.2, 0) is 0 Å². The van der Waals surface area contributed by atoms with Crippen molar-refractivity contribution >= 4 is 33.2 Å². The molecule has 6 heteroatoms. The van der Waals surface area contributed by atoms with E-state index in [0.29, 0.717) is 0 Å². The lowest BCUT2D eigenvalue weighted by Gasteiger charge is -2.23. The molecule has 0 N–H and O–H groups in total. The zero-order chi connectivity index (χ0) is 16.3. The molecule has 2 aliphatic rings. The Labute approximate surface area is 151 Å². The SMILES string of the molecule is O=C1c2sccc2-n2cnc(-c3cccc(Br)c3)c2[C@@H]2CCCN12. The number of benzene rings is 1. The Morgan fingerprint density at radius 3 is 3.08 bits per heavy atom. The number of nitrogens with zero attached hydrogens (tertiary/aromatic N) is 3. The van der Waals surface area contributed by atoms with Crippen LogP contribution in [0, 0.1) is 0 Å². The normalized spacial score (nSPS) is 19.0. The Kier molecular flexibility index (Phi) is 3.18. The average molecular weight is 400 g/mol. The highest BCUT2D eigenvalue weighted by atomic mass is 79.9. The summed E-state index contributed by atoms with van der Waals surface area (Å²) in [5, 5.41) is 1.99. The van der Waals surface area contributed by atoms with E-state index in [1.54, 1.807) is 0 Å². The van der Waals surface area contributed by atoms with Crippen molar-refractivity contribution in [3.8, 4) is 16.9 Å². The zero-order valence-electron chi connectivity index (χ0n) is 12.8. The minimum atomic E-state index is 0.105. The van der Waals surface area contributed by atoms with Crippen molar-refractivity contribution in [3.05, 3.63) is 57.1 Å². The summed E-state index contributed by atoms with van der Waals surface area (Å²) in [6, 6.07) is 10.3. The number of hydrogen-bond acceptors (Lipinski definition) is 3. The zero-order valence-corrected chi connectivity index (χ0v) is 15.2. The monoisotopic (exact) mass is 399 g/mol. The fraction of sp³-hybridized carbons (Fsp3) is 0.222. The molecular formula is C18H14BrN3OS. The number of hydrogen-bond donors (Lipinski definition) is 0. The maximum absolute atomic E-state index is 12.9. The molecule has 0 spiro atoms. The van der Waals surface area contributed by atoms with Gasteiger partial charge in [0, 0.05) is 16.6 Å². The lowest BCUT2D eigenvalue weighted by atomic mass is 10.0. The van der Waals surface area contributed by atoms with Crippen molar-refractivity contribution in [2.24, 2.45) is 0 Å². The van der Waals surface area contributed by atoms with Gasteiger partial charge in [0.2, 0.25) is 0 Å². The molecule has 1 atom stereocenters. The molecule has 1 fully saturated rings. The van der Waals surface area contributed by atoms with Gasteiger partial charge in [-0.1, -0.05) is 28.1 Å². The summed E-state index contributed by atoms with van der Waals surface area (Å²) in [5.74, 6) is 0.159. The van der Waals surface area contributed by atoms with Crippen LogP contribution in [0.25, 0.3) is 16.9 Å². The Morgan fingerprint density at radius 1 is 1.29 bits per heavy atom. The number of aromatic nitrogens is 2. The first-order valence-electron chi connectivity index (χ1n) is 7.96. The topological polar surface area (TPSA) is 38.1 Å². The average Bonchev–Trinajstić information content (AvgIpc) is 3.30. The lowest BCUT2D eigenvalue weighted by molar-refractivity contribution is 0.0743. The van der Waals surface area contributed by atoms with Gasteiger partial charge >= 0.3 is 0 Å². The molecule has 5 rings (SSSR count). The highest BCUT2D eigenvalue weighted by Crippen LogP contribution is 2.43. The van der Waals surface area contributed by atoms with Crippen LogP contribution in [0.1, 0.15) is 34.2 Å². The second kappa shape index (κ2) is 5.29. The number of halogens is 1. The van der Waals surface area contributed by atoms with E-state index in [9.17, 15) is 4.79 Å². The van der Waals surface area contributed by atoms with Crippen LogP contribution in [-0.4, -0.2) is 26.9 Å². The second-order valence-electron chi connectivity index (χ2n) is 6.15. The molecule has 3 aromatic rings. The van der Waals surface area contributed by atoms with Crippen molar-refractivity contribution < 1.29 is 4.79 Å². The predicted octanol–water partition coefficient (Wildman–Crippen LogP) is 4.65. The maximum atomic E-state index is 12.9. The van der Waals surface area contributed by atoms with Gasteiger partial charge in [-0.3, -0.25) is 9.36 Å². The van der Waals surface area contributed by atoms with Gasteiger partial charge in [0.1, 0.15) is 11.2 Å². The molecule has 24 heavy (non-hydrogen) atoms. The fourth-order valence-electron chi connectivity index (χ4n) is 3.80. The van der Waals surface area contributed by atoms with E-state index in [1.165, 1.54) is 11.3 Å². The number of carbonyl (C=O) groups excluding carboxylic acids is 1. The van der Waals surface area contributed by atoms with Gasteiger partial charge in [0.15, 0.2) is 0 Å². The molecule has 0 radical (unpaired) electrons. The number of carbonyl (C=O) groups is 1. The first kappa shape index (κ1) is 14.4. The predicted molar refractivity (Wildman–Crippen MR) is 97.6 cm³/mol. The van der Waals surface area contributed by atoms with E-state index in [-0.39, 0.29) is 11.9 Å². The molecule has 0 saturated carbocycles. The Morgan fingerprint density at radius 2 is 2.21 bits per heavy atom. The summed E-state index contributed by atoms with van der Waals surface area (Å²) >= 11 is 5.07. The molecule has 0 aliphatic carbocycles. The number of thiophene rings is 1. The van der Waals surface area contributed by atoms with Gasteiger partial charge in [-0.15, -0.1) is 11.3 Å². The highest BCUT2D eigenvalue weighted by Gasteiger charge is 2.39. The van der Waals surface area contributed by atoms with Crippen LogP contribution in [0.4, 0.5) is 0 Å². The van der Waals surface area contributed by atoms with Crippen molar-refractivity contribution in [1.82, 2.24) is 14.5 Å². The molecule has 120 valence electrons. The second-order valence-corrected chi connectivity index (χ2v) is 7.98. The first-order chi connectivity index (χ1) is 11.7. The van der Waals surface area contributed by atoms with E-state index in [4.69, 9.17) is 4.98 Å². The molecule has 1 saturated heterocycles. The molecule has 2 aliphatic heterocycles. The van der Waals surface area contributed by atoms with Crippen LogP contribution in [0.5, 0.6) is 0 Å². The first-order valence-corrected chi connectivity index (χ1v) is 9.63. The third-order valence-electron chi connectivity index (χ3n) is 4.83. The van der Waals surface area contributed by atoms with E-state index < -0.39 is 0 Å². The summed E-state index contributed by atoms with van der Waals surface area (Å²) < 4.78 is 3.15. The Balaban J connectivity index is 1.79. The van der Waals surface area contributed by atoms with Crippen molar-refractivity contribution in [1.29, 1.82) is 0 Å². The third-order valence-corrected chi connectivity index (χ3v) is 6.21. The van der Waals surface area contributed by atoms with Gasteiger partial charge in [0.25, 0.3) is 5.91 Å². The van der Waals surface area contributed by atoms with Gasteiger partial charge < -0.3 is 4.90 Å². The van der Waals surface area contributed by atoms with Crippen molar-refractivity contribution in [2.75, 3.05) is 6.54 Å². The van der Waals surface area contributed by atoms with Gasteiger partial charge in [-0.25, -0.2) is 4.98 Å². The summed E-state index contributed by atoms with van der Waals surface area (Å²) in [4.78, 5) is 20.5. The molecule has 2 aromatic heterocycles. The Bertz CT molecular complexity index is 961. The number of amides is 1. The molecule has 0 unspecified atom stereocenters. The van der Waals surface area contributed by atoms with Crippen molar-refractivity contribution in [3.63, 3.8) is 0 Å². The molecule has 4 heterocycles.